The molecule has 4 rings (SSSR count). The van der Waals surface area contributed by atoms with Crippen LogP contribution in [-0.2, 0) is 17.8 Å². The Morgan fingerprint density at radius 2 is 1.72 bits per heavy atom. The summed E-state index contributed by atoms with van der Waals surface area (Å²) in [5, 5.41) is 13.4. The number of H-pyrrole nitrogens is 1. The average Bonchev–Trinajstić information content (AvgIpc) is 3.09. The van der Waals surface area contributed by atoms with Crippen LogP contribution in [0.2, 0.25) is 0 Å². The van der Waals surface area contributed by atoms with E-state index >= 15 is 0 Å². The maximum absolute atomic E-state index is 12.6. The normalized spacial score (nSPS) is 15.4. The minimum atomic E-state index is -1.04. The van der Waals surface area contributed by atoms with E-state index in [0.717, 1.165) is 43.4 Å². The number of carbonyl (C=O) groups is 2. The number of para-hydroxylation sites is 1. The Morgan fingerprint density at radius 1 is 1.03 bits per heavy atom. The Hall–Kier alpha value is -3.12. The molecule has 6 nitrogen and oxygen atoms in total. The van der Waals surface area contributed by atoms with Crippen LogP contribution in [0, 0.1) is 0 Å². The zero-order chi connectivity index (χ0) is 20.2. The van der Waals surface area contributed by atoms with Crippen LogP contribution in [0.3, 0.4) is 0 Å². The van der Waals surface area contributed by atoms with E-state index in [1.165, 1.54) is 5.56 Å². The van der Waals surface area contributed by atoms with E-state index in [9.17, 15) is 14.7 Å². The molecule has 0 radical (unpaired) electrons. The smallest absolute Gasteiger partial charge is 0.352 e. The van der Waals surface area contributed by atoms with Crippen LogP contribution in [0.5, 0.6) is 0 Å². The molecule has 29 heavy (non-hydrogen) atoms. The van der Waals surface area contributed by atoms with Gasteiger partial charge in [0.1, 0.15) is 5.69 Å². The maximum Gasteiger partial charge on any atom is 0.352 e. The number of hydrogen-bond donors (Lipinski definition) is 3. The highest BCUT2D eigenvalue weighted by molar-refractivity contribution is 6.00. The van der Waals surface area contributed by atoms with Gasteiger partial charge in [-0.05, 0) is 24.5 Å². The van der Waals surface area contributed by atoms with Gasteiger partial charge in [0.25, 0.3) is 0 Å². The topological polar surface area (TPSA) is 85.4 Å². The van der Waals surface area contributed by atoms with E-state index in [1.807, 2.05) is 30.3 Å². The first-order valence-corrected chi connectivity index (χ1v) is 9.98. The molecule has 6 heteroatoms. The second kappa shape index (κ2) is 8.49. The highest BCUT2D eigenvalue weighted by atomic mass is 16.4. The predicted molar refractivity (Wildman–Crippen MR) is 112 cm³/mol. The molecule has 0 aliphatic carbocycles. The first-order chi connectivity index (χ1) is 14.1. The minimum Gasteiger partial charge on any atom is -0.477 e. The van der Waals surface area contributed by atoms with E-state index in [0.29, 0.717) is 5.56 Å². The summed E-state index contributed by atoms with van der Waals surface area (Å²) in [5.41, 5.74) is 2.68. The van der Waals surface area contributed by atoms with Crippen molar-refractivity contribution >= 4 is 22.8 Å². The van der Waals surface area contributed by atoms with Crippen LogP contribution in [0.1, 0.15) is 34.5 Å². The number of nitrogens with zero attached hydrogens (tertiary/aromatic N) is 1. The number of amides is 1. The number of nitrogens with one attached hydrogen (secondary N) is 2. The number of carbonyl (C=O) groups excluding carboxylic acids is 1. The number of aromatic carboxylic acids is 1. The first kappa shape index (κ1) is 19.2. The number of benzene rings is 2. The van der Waals surface area contributed by atoms with Gasteiger partial charge in [0.15, 0.2) is 0 Å². The molecule has 2 heterocycles. The molecule has 1 aliphatic rings. The summed E-state index contributed by atoms with van der Waals surface area (Å²) in [4.78, 5) is 29.5. The van der Waals surface area contributed by atoms with Gasteiger partial charge in [-0.15, -0.1) is 0 Å². The number of piperidine rings is 1. The number of carboxylic acids is 1. The number of likely N-dealkylation sites (tertiary alicyclic amines) is 1. The number of aromatic amines is 1. The lowest BCUT2D eigenvalue weighted by molar-refractivity contribution is -0.121. The summed E-state index contributed by atoms with van der Waals surface area (Å²) in [7, 11) is 0. The third-order valence-corrected chi connectivity index (χ3v) is 5.57. The van der Waals surface area contributed by atoms with Crippen molar-refractivity contribution in [1.82, 2.24) is 15.2 Å². The zero-order valence-corrected chi connectivity index (χ0v) is 16.2. The molecule has 1 fully saturated rings. The monoisotopic (exact) mass is 391 g/mol. The Labute approximate surface area is 169 Å². The van der Waals surface area contributed by atoms with Gasteiger partial charge < -0.3 is 15.4 Å². The zero-order valence-electron chi connectivity index (χ0n) is 16.2. The average molecular weight is 391 g/mol. The highest BCUT2D eigenvalue weighted by Gasteiger charge is 2.23. The molecule has 0 saturated carbocycles. The fraction of sp³-hybridized carbons (Fsp3) is 0.304. The van der Waals surface area contributed by atoms with E-state index in [1.54, 1.807) is 0 Å². The lowest BCUT2D eigenvalue weighted by atomic mass is 10.0. The first-order valence-electron chi connectivity index (χ1n) is 9.98. The second-order valence-corrected chi connectivity index (χ2v) is 7.61. The molecule has 150 valence electrons. The molecule has 3 N–H and O–H groups in total. The number of aromatic nitrogens is 1. The van der Waals surface area contributed by atoms with Crippen molar-refractivity contribution in [2.75, 3.05) is 13.1 Å². The number of rotatable bonds is 6. The van der Waals surface area contributed by atoms with Crippen molar-refractivity contribution in [2.24, 2.45) is 0 Å². The van der Waals surface area contributed by atoms with E-state index in [4.69, 9.17) is 0 Å². The Morgan fingerprint density at radius 3 is 2.45 bits per heavy atom. The maximum atomic E-state index is 12.6. The summed E-state index contributed by atoms with van der Waals surface area (Å²) in [6.07, 6.45) is 1.87. The number of hydrogen-bond acceptors (Lipinski definition) is 3. The SMILES string of the molecule is O=C(Cc1c(C(=O)O)[nH]c2ccccc12)NC1CCN(Cc2ccccc2)CC1. The Bertz CT molecular complexity index is 1000. The molecular weight excluding hydrogens is 366 g/mol. The van der Waals surface area contributed by atoms with Gasteiger partial charge in [-0.3, -0.25) is 9.69 Å². The summed E-state index contributed by atoms with van der Waals surface area (Å²) in [5.74, 6) is -1.17. The van der Waals surface area contributed by atoms with Crippen LogP contribution in [-0.4, -0.2) is 46.0 Å². The molecule has 1 amide bonds. The number of fused-ring (bicyclic) bond motifs is 1. The molecule has 2 aromatic carbocycles. The van der Waals surface area contributed by atoms with Crippen molar-refractivity contribution in [2.45, 2.75) is 31.8 Å². The van der Waals surface area contributed by atoms with Crippen LogP contribution < -0.4 is 5.32 Å². The molecule has 3 aromatic rings. The molecule has 1 aromatic heterocycles. The van der Waals surface area contributed by atoms with Gasteiger partial charge in [-0.2, -0.15) is 0 Å². The predicted octanol–water partition coefficient (Wildman–Crippen LogP) is 3.19. The molecular formula is C23H25N3O3. The summed E-state index contributed by atoms with van der Waals surface area (Å²) in [6, 6.07) is 17.9. The highest BCUT2D eigenvalue weighted by Crippen LogP contribution is 2.23. The van der Waals surface area contributed by atoms with E-state index in [-0.39, 0.29) is 24.1 Å². The number of carboxylic acid groups (broad SMARTS) is 1. The Kier molecular flexibility index (Phi) is 5.62. The van der Waals surface area contributed by atoms with E-state index in [2.05, 4.69) is 39.5 Å². The van der Waals surface area contributed by atoms with Crippen LogP contribution >= 0.6 is 0 Å². The van der Waals surface area contributed by atoms with Crippen LogP contribution in [0.4, 0.5) is 0 Å². The third kappa shape index (κ3) is 4.49. The van der Waals surface area contributed by atoms with Gasteiger partial charge >= 0.3 is 5.97 Å². The van der Waals surface area contributed by atoms with Gasteiger partial charge in [-0.1, -0.05) is 48.5 Å². The van der Waals surface area contributed by atoms with Crippen molar-refractivity contribution in [3.8, 4) is 0 Å². The largest absolute Gasteiger partial charge is 0.477 e. The minimum absolute atomic E-state index is 0.0654. The second-order valence-electron chi connectivity index (χ2n) is 7.61. The van der Waals surface area contributed by atoms with Crippen LogP contribution in [0.15, 0.2) is 54.6 Å². The standard InChI is InChI=1S/C23H25N3O3/c27-21(14-19-18-8-4-5-9-20(18)25-22(19)23(28)29)24-17-10-12-26(13-11-17)15-16-6-2-1-3-7-16/h1-9,17,25H,10-15H2,(H,24,27)(H,28,29). The Balaban J connectivity index is 1.35. The molecule has 0 unspecified atom stereocenters. The fourth-order valence-electron chi connectivity index (χ4n) is 4.08. The molecule has 0 bridgehead atoms. The van der Waals surface area contributed by atoms with Crippen molar-refractivity contribution in [1.29, 1.82) is 0 Å². The van der Waals surface area contributed by atoms with Crippen molar-refractivity contribution < 1.29 is 14.7 Å². The summed E-state index contributed by atoms with van der Waals surface area (Å²) >= 11 is 0. The third-order valence-electron chi connectivity index (χ3n) is 5.57. The van der Waals surface area contributed by atoms with Crippen molar-refractivity contribution in [3.63, 3.8) is 0 Å². The quantitative estimate of drug-likeness (QED) is 0.602. The van der Waals surface area contributed by atoms with Gasteiger partial charge in [0.05, 0.1) is 6.42 Å². The van der Waals surface area contributed by atoms with Gasteiger partial charge in [0, 0.05) is 42.1 Å². The van der Waals surface area contributed by atoms with Crippen molar-refractivity contribution in [3.05, 3.63) is 71.4 Å². The summed E-state index contributed by atoms with van der Waals surface area (Å²) in [6.45, 7) is 2.80. The fourth-order valence-corrected chi connectivity index (χ4v) is 4.08. The molecule has 1 saturated heterocycles. The lowest BCUT2D eigenvalue weighted by Gasteiger charge is -2.32. The summed E-state index contributed by atoms with van der Waals surface area (Å²) < 4.78 is 0. The van der Waals surface area contributed by atoms with E-state index < -0.39 is 5.97 Å². The molecule has 0 atom stereocenters. The van der Waals surface area contributed by atoms with Crippen LogP contribution in [0.25, 0.3) is 10.9 Å². The van der Waals surface area contributed by atoms with Gasteiger partial charge in [-0.25, -0.2) is 4.79 Å². The molecule has 1 aliphatic heterocycles. The molecule has 0 spiro atoms. The van der Waals surface area contributed by atoms with Gasteiger partial charge in [0.2, 0.25) is 5.91 Å². The lowest BCUT2D eigenvalue weighted by Crippen LogP contribution is -2.44.